The topological polar surface area (TPSA) is 95.8 Å². The Labute approximate surface area is 96.8 Å². The van der Waals surface area contributed by atoms with Crippen LogP contribution in [0.25, 0.3) is 0 Å². The van der Waals surface area contributed by atoms with Crippen LogP contribution in [-0.4, -0.2) is 32.9 Å². The summed E-state index contributed by atoms with van der Waals surface area (Å²) in [5.41, 5.74) is 1.06. The molecule has 0 spiro atoms. The Hall–Kier alpha value is -2.31. The second kappa shape index (κ2) is 4.28. The molecule has 0 aromatic carbocycles. The van der Waals surface area contributed by atoms with Gasteiger partial charge in [-0.3, -0.25) is 9.59 Å². The number of anilines is 1. The lowest BCUT2D eigenvalue weighted by molar-refractivity contribution is -0.135. The smallest absolute Gasteiger partial charge is 0.309 e. The summed E-state index contributed by atoms with van der Waals surface area (Å²) in [5, 5.41) is 21.3. The highest BCUT2D eigenvalue weighted by atomic mass is 16.4. The van der Waals surface area contributed by atoms with Crippen molar-refractivity contribution in [1.82, 2.24) is 10.2 Å². The zero-order chi connectivity index (χ0) is 12.4. The van der Waals surface area contributed by atoms with Gasteiger partial charge in [-0.05, 0) is 19.1 Å². The van der Waals surface area contributed by atoms with Gasteiger partial charge in [0.15, 0.2) is 5.82 Å². The highest BCUT2D eigenvalue weighted by molar-refractivity contribution is 6.16. The van der Waals surface area contributed by atoms with Crippen LogP contribution in [-0.2, 0) is 9.59 Å². The van der Waals surface area contributed by atoms with Gasteiger partial charge in [-0.1, -0.05) is 0 Å². The van der Waals surface area contributed by atoms with Crippen LogP contribution in [0.3, 0.4) is 0 Å². The van der Waals surface area contributed by atoms with Gasteiger partial charge in [0.2, 0.25) is 0 Å². The van der Waals surface area contributed by atoms with Crippen molar-refractivity contribution in [2.75, 3.05) is 5.01 Å². The average Bonchev–Trinajstić information content (AvgIpc) is 2.59. The molecule has 0 unspecified atom stereocenters. The number of nitrogens with zero attached hydrogens (tertiary/aromatic N) is 4. The van der Waals surface area contributed by atoms with E-state index in [4.69, 9.17) is 5.11 Å². The number of hydrogen-bond acceptors (Lipinski definition) is 5. The average molecular weight is 234 g/mol. The summed E-state index contributed by atoms with van der Waals surface area (Å²) in [5.74, 6) is -0.992. The number of carbonyl (C=O) groups excluding carboxylic acids is 1. The molecule has 0 saturated heterocycles. The van der Waals surface area contributed by atoms with Gasteiger partial charge >= 0.3 is 5.97 Å². The maximum Gasteiger partial charge on any atom is 0.309 e. The number of aromatic nitrogens is 2. The van der Waals surface area contributed by atoms with Crippen molar-refractivity contribution in [2.24, 2.45) is 5.10 Å². The van der Waals surface area contributed by atoms with Gasteiger partial charge in [-0.2, -0.15) is 15.2 Å². The van der Waals surface area contributed by atoms with E-state index in [0.717, 1.165) is 10.7 Å². The minimum Gasteiger partial charge on any atom is -0.481 e. The van der Waals surface area contributed by atoms with E-state index in [1.165, 1.54) is 0 Å². The van der Waals surface area contributed by atoms with Crippen LogP contribution in [0.15, 0.2) is 17.2 Å². The van der Waals surface area contributed by atoms with Gasteiger partial charge in [0.25, 0.3) is 5.91 Å². The molecule has 17 heavy (non-hydrogen) atoms. The quantitative estimate of drug-likeness (QED) is 0.814. The number of carboxylic acids is 1. The van der Waals surface area contributed by atoms with Crippen LogP contribution in [0.1, 0.15) is 18.5 Å². The number of rotatable bonds is 3. The minimum absolute atomic E-state index is 0.0157. The maximum absolute atomic E-state index is 11.6. The molecule has 0 atom stereocenters. The highest BCUT2D eigenvalue weighted by Crippen LogP contribution is 2.18. The summed E-state index contributed by atoms with van der Waals surface area (Å²) in [6.07, 6.45) is -0.219. The largest absolute Gasteiger partial charge is 0.481 e. The van der Waals surface area contributed by atoms with E-state index in [9.17, 15) is 9.59 Å². The molecule has 2 heterocycles. The molecule has 0 saturated carbocycles. The predicted octanol–water partition coefficient (Wildman–Crippen LogP) is 0.352. The Balaban J connectivity index is 2.21. The Morgan fingerprint density at radius 2 is 2.24 bits per heavy atom. The van der Waals surface area contributed by atoms with Crippen LogP contribution < -0.4 is 5.01 Å². The van der Waals surface area contributed by atoms with Gasteiger partial charge in [0, 0.05) is 0 Å². The third-order valence-electron chi connectivity index (χ3n) is 2.19. The lowest BCUT2D eigenvalue weighted by Gasteiger charge is -2.08. The Kier molecular flexibility index (Phi) is 2.82. The second-order valence-electron chi connectivity index (χ2n) is 3.65. The fourth-order valence-corrected chi connectivity index (χ4v) is 1.44. The van der Waals surface area contributed by atoms with Crippen molar-refractivity contribution in [3.8, 4) is 0 Å². The van der Waals surface area contributed by atoms with Crippen LogP contribution in [0, 0.1) is 6.92 Å². The summed E-state index contributed by atoms with van der Waals surface area (Å²) in [6.45, 7) is 1.78. The van der Waals surface area contributed by atoms with Crippen molar-refractivity contribution < 1.29 is 14.7 Å². The number of carbonyl (C=O) groups is 2. The number of amides is 1. The summed E-state index contributed by atoms with van der Waals surface area (Å²) in [4.78, 5) is 22.1. The van der Waals surface area contributed by atoms with Gasteiger partial charge in [0.05, 0.1) is 24.2 Å². The molecule has 0 aliphatic carbocycles. The van der Waals surface area contributed by atoms with Crippen molar-refractivity contribution in [2.45, 2.75) is 19.8 Å². The van der Waals surface area contributed by atoms with E-state index in [1.54, 1.807) is 19.1 Å². The molecule has 7 heteroatoms. The summed E-state index contributed by atoms with van der Waals surface area (Å²) < 4.78 is 0. The predicted molar refractivity (Wildman–Crippen MR) is 58.6 cm³/mol. The van der Waals surface area contributed by atoms with E-state index < -0.39 is 5.97 Å². The molecule has 2 rings (SSSR count). The summed E-state index contributed by atoms with van der Waals surface area (Å²) in [7, 11) is 0. The van der Waals surface area contributed by atoms with Crippen LogP contribution in [0.5, 0.6) is 0 Å². The zero-order valence-electron chi connectivity index (χ0n) is 9.12. The number of hydrazone groups is 1. The Morgan fingerprint density at radius 1 is 1.47 bits per heavy atom. The van der Waals surface area contributed by atoms with E-state index >= 15 is 0 Å². The van der Waals surface area contributed by atoms with Crippen LogP contribution in [0.2, 0.25) is 0 Å². The molecule has 0 fully saturated rings. The lowest BCUT2D eigenvalue weighted by Crippen LogP contribution is -2.21. The number of aliphatic carboxylic acids is 1. The monoisotopic (exact) mass is 234 g/mol. The third kappa shape index (κ3) is 2.44. The van der Waals surface area contributed by atoms with Gasteiger partial charge in [-0.15, -0.1) is 5.10 Å². The first-order valence-electron chi connectivity index (χ1n) is 4.97. The Morgan fingerprint density at radius 3 is 2.82 bits per heavy atom. The van der Waals surface area contributed by atoms with E-state index in [0.29, 0.717) is 11.5 Å². The SMILES string of the molecule is Cc1ccc(N2N=C(CC(=O)O)CC2=O)nn1. The normalized spacial score (nSPS) is 15.0. The summed E-state index contributed by atoms with van der Waals surface area (Å²) in [6, 6.07) is 3.33. The van der Waals surface area contributed by atoms with Crippen molar-refractivity contribution in [1.29, 1.82) is 0 Å². The van der Waals surface area contributed by atoms with Crippen molar-refractivity contribution in [3.05, 3.63) is 17.8 Å². The number of carboxylic acid groups (broad SMARTS) is 1. The molecular weight excluding hydrogens is 224 g/mol. The molecule has 1 aromatic rings. The first-order valence-corrected chi connectivity index (χ1v) is 4.97. The standard InChI is InChI=1S/C10H10N4O3/c1-6-2-3-8(12-11-6)14-9(15)4-7(13-14)5-10(16)17/h2-3H,4-5H2,1H3,(H,16,17). The highest BCUT2D eigenvalue weighted by Gasteiger charge is 2.27. The Bertz CT molecular complexity index is 495. The molecular formula is C10H10N4O3. The molecule has 0 bridgehead atoms. The lowest BCUT2D eigenvalue weighted by atomic mass is 10.2. The van der Waals surface area contributed by atoms with Crippen LogP contribution in [0.4, 0.5) is 5.82 Å². The minimum atomic E-state index is -1.01. The molecule has 0 radical (unpaired) electrons. The van der Waals surface area contributed by atoms with Crippen molar-refractivity contribution >= 4 is 23.4 Å². The van der Waals surface area contributed by atoms with E-state index in [1.807, 2.05) is 0 Å². The second-order valence-corrected chi connectivity index (χ2v) is 3.65. The number of aryl methyl sites for hydroxylation is 1. The molecule has 7 nitrogen and oxygen atoms in total. The zero-order valence-corrected chi connectivity index (χ0v) is 9.12. The number of hydrogen-bond donors (Lipinski definition) is 1. The van der Waals surface area contributed by atoms with Crippen molar-refractivity contribution in [3.63, 3.8) is 0 Å². The molecule has 1 N–H and O–H groups in total. The van der Waals surface area contributed by atoms with E-state index in [-0.39, 0.29) is 18.7 Å². The molecule has 1 aliphatic heterocycles. The van der Waals surface area contributed by atoms with E-state index in [2.05, 4.69) is 15.3 Å². The van der Waals surface area contributed by atoms with Gasteiger partial charge < -0.3 is 5.11 Å². The fourth-order valence-electron chi connectivity index (χ4n) is 1.44. The maximum atomic E-state index is 11.6. The molecule has 1 aromatic heterocycles. The molecule has 1 aliphatic rings. The third-order valence-corrected chi connectivity index (χ3v) is 2.19. The van der Waals surface area contributed by atoms with Gasteiger partial charge in [0.1, 0.15) is 0 Å². The van der Waals surface area contributed by atoms with Crippen LogP contribution >= 0.6 is 0 Å². The molecule has 88 valence electrons. The first-order chi connectivity index (χ1) is 8.06. The molecule has 1 amide bonds. The summed E-state index contributed by atoms with van der Waals surface area (Å²) >= 11 is 0. The fraction of sp³-hybridized carbons (Fsp3) is 0.300. The van der Waals surface area contributed by atoms with Gasteiger partial charge in [-0.25, -0.2) is 0 Å². The first kappa shape index (κ1) is 11.2.